The minimum atomic E-state index is -0.202. The normalized spacial score (nSPS) is 10.6. The number of carbonyl (C=O) groups is 1. The Morgan fingerprint density at radius 3 is 3.00 bits per heavy atom. The zero-order valence-corrected chi connectivity index (χ0v) is 11.4. The number of thiazole rings is 1. The summed E-state index contributed by atoms with van der Waals surface area (Å²) in [6.07, 6.45) is 2.42. The average Bonchev–Trinajstić information content (AvgIpc) is 3.04. The Morgan fingerprint density at radius 2 is 2.15 bits per heavy atom. The molecule has 2 heterocycles. The Labute approximate surface area is 119 Å². The molecular weight excluding hydrogens is 274 g/mol. The fourth-order valence-corrected chi connectivity index (χ4v) is 2.70. The van der Waals surface area contributed by atoms with Crippen LogP contribution >= 0.6 is 11.3 Å². The topological polar surface area (TPSA) is 71.3 Å². The highest BCUT2D eigenvalue weighted by atomic mass is 32.1. The van der Waals surface area contributed by atoms with E-state index < -0.39 is 0 Å². The van der Waals surface area contributed by atoms with Crippen molar-refractivity contribution in [3.63, 3.8) is 0 Å². The second kappa shape index (κ2) is 5.70. The van der Waals surface area contributed by atoms with Gasteiger partial charge in [-0.15, -0.1) is 21.5 Å². The van der Waals surface area contributed by atoms with Crippen molar-refractivity contribution in [2.75, 3.05) is 11.9 Å². The van der Waals surface area contributed by atoms with Gasteiger partial charge in [-0.2, -0.15) is 0 Å². The lowest BCUT2D eigenvalue weighted by atomic mass is 10.3. The fourth-order valence-electron chi connectivity index (χ4n) is 1.86. The van der Waals surface area contributed by atoms with Crippen LogP contribution in [0.25, 0.3) is 4.96 Å². The molecule has 0 unspecified atom stereocenters. The summed E-state index contributed by atoms with van der Waals surface area (Å²) in [4.78, 5) is 12.6. The number of nitrogens with one attached hydrogen (secondary N) is 2. The molecule has 0 saturated heterocycles. The summed E-state index contributed by atoms with van der Waals surface area (Å²) >= 11 is 1.54. The highest BCUT2D eigenvalue weighted by molar-refractivity contribution is 7.15. The largest absolute Gasteiger partial charge is 0.337 e. The number of hydrogen-bond acceptors (Lipinski definition) is 4. The Morgan fingerprint density at radius 1 is 1.30 bits per heavy atom. The lowest BCUT2D eigenvalue weighted by Gasteiger charge is -2.07. The van der Waals surface area contributed by atoms with Crippen LogP contribution in [0.15, 0.2) is 42.0 Å². The van der Waals surface area contributed by atoms with E-state index in [1.54, 1.807) is 17.7 Å². The summed E-state index contributed by atoms with van der Waals surface area (Å²) in [6, 6.07) is 9.15. The molecule has 3 rings (SSSR count). The van der Waals surface area contributed by atoms with Crippen molar-refractivity contribution in [2.45, 2.75) is 6.42 Å². The molecule has 1 aromatic carbocycles. The molecule has 3 aromatic rings. The van der Waals surface area contributed by atoms with Gasteiger partial charge in [0.2, 0.25) is 4.96 Å². The Hall–Kier alpha value is -2.41. The second-order valence-electron chi connectivity index (χ2n) is 4.21. The second-order valence-corrected chi connectivity index (χ2v) is 5.04. The van der Waals surface area contributed by atoms with Crippen molar-refractivity contribution >= 4 is 28.0 Å². The van der Waals surface area contributed by atoms with Crippen LogP contribution in [0.4, 0.5) is 10.5 Å². The molecule has 0 spiro atoms. The van der Waals surface area contributed by atoms with E-state index in [0.29, 0.717) is 6.54 Å². The van der Waals surface area contributed by atoms with Gasteiger partial charge in [-0.05, 0) is 12.1 Å². The molecule has 6 nitrogen and oxygen atoms in total. The van der Waals surface area contributed by atoms with Gasteiger partial charge in [0.1, 0.15) is 6.33 Å². The van der Waals surface area contributed by atoms with Crippen LogP contribution in [-0.4, -0.2) is 27.2 Å². The number of hydrogen-bond donors (Lipinski definition) is 2. The number of carbonyl (C=O) groups excluding carboxylic acids is 1. The van der Waals surface area contributed by atoms with Crippen molar-refractivity contribution in [1.29, 1.82) is 0 Å². The van der Waals surface area contributed by atoms with E-state index in [2.05, 4.69) is 20.8 Å². The van der Waals surface area contributed by atoms with E-state index in [0.717, 1.165) is 22.8 Å². The van der Waals surface area contributed by atoms with E-state index in [-0.39, 0.29) is 6.03 Å². The summed E-state index contributed by atoms with van der Waals surface area (Å²) in [7, 11) is 0. The third-order valence-electron chi connectivity index (χ3n) is 2.82. The van der Waals surface area contributed by atoms with E-state index >= 15 is 0 Å². The molecule has 0 fully saturated rings. The molecular formula is C13H13N5OS. The predicted molar refractivity (Wildman–Crippen MR) is 78.0 cm³/mol. The Kier molecular flexibility index (Phi) is 3.60. The molecule has 2 amide bonds. The molecule has 0 aliphatic carbocycles. The van der Waals surface area contributed by atoms with Crippen LogP contribution < -0.4 is 10.6 Å². The molecule has 0 radical (unpaired) electrons. The number of anilines is 1. The number of aromatic nitrogens is 3. The number of nitrogens with zero attached hydrogens (tertiary/aromatic N) is 3. The first-order chi connectivity index (χ1) is 9.83. The van der Waals surface area contributed by atoms with Gasteiger partial charge in [-0.1, -0.05) is 18.2 Å². The van der Waals surface area contributed by atoms with Crippen molar-refractivity contribution in [3.05, 3.63) is 47.7 Å². The smallest absolute Gasteiger partial charge is 0.319 e. The van der Waals surface area contributed by atoms with Gasteiger partial charge in [0, 0.05) is 29.7 Å². The van der Waals surface area contributed by atoms with Crippen molar-refractivity contribution in [3.8, 4) is 0 Å². The standard InChI is InChI=1S/C13H13N5OS/c19-12(16-10-4-2-1-3-5-10)14-7-6-11-8-20-13-17-15-9-18(11)13/h1-5,8-9H,6-7H2,(H2,14,16,19). The Balaban J connectivity index is 1.50. The van der Waals surface area contributed by atoms with Gasteiger partial charge in [0.05, 0.1) is 0 Å². The number of fused-ring (bicyclic) bond motifs is 1. The molecule has 2 aromatic heterocycles. The lowest BCUT2D eigenvalue weighted by molar-refractivity contribution is 0.252. The maximum atomic E-state index is 11.7. The van der Waals surface area contributed by atoms with Crippen molar-refractivity contribution in [1.82, 2.24) is 19.9 Å². The van der Waals surface area contributed by atoms with Gasteiger partial charge in [-0.25, -0.2) is 4.79 Å². The highest BCUT2D eigenvalue weighted by Crippen LogP contribution is 2.13. The molecule has 0 aliphatic rings. The average molecular weight is 287 g/mol. The lowest BCUT2D eigenvalue weighted by Crippen LogP contribution is -2.30. The van der Waals surface area contributed by atoms with E-state index in [4.69, 9.17) is 0 Å². The summed E-state index contributed by atoms with van der Waals surface area (Å²) in [5.41, 5.74) is 1.87. The third-order valence-corrected chi connectivity index (χ3v) is 3.70. The summed E-state index contributed by atoms with van der Waals surface area (Å²) in [5.74, 6) is 0. The minimum absolute atomic E-state index is 0.202. The number of urea groups is 1. The van der Waals surface area contributed by atoms with Crippen molar-refractivity contribution < 1.29 is 4.79 Å². The Bertz CT molecular complexity index is 706. The van der Waals surface area contributed by atoms with Crippen LogP contribution in [0.3, 0.4) is 0 Å². The SMILES string of the molecule is O=C(NCCc1csc2nncn12)Nc1ccccc1. The molecule has 20 heavy (non-hydrogen) atoms. The van der Waals surface area contributed by atoms with Gasteiger partial charge in [0.15, 0.2) is 0 Å². The predicted octanol–water partition coefficient (Wildman–Crippen LogP) is 2.16. The molecule has 0 aliphatic heterocycles. The maximum Gasteiger partial charge on any atom is 0.319 e. The quantitative estimate of drug-likeness (QED) is 0.772. The zero-order valence-electron chi connectivity index (χ0n) is 10.6. The van der Waals surface area contributed by atoms with Gasteiger partial charge >= 0.3 is 6.03 Å². The van der Waals surface area contributed by atoms with E-state index in [9.17, 15) is 4.79 Å². The minimum Gasteiger partial charge on any atom is -0.337 e. The molecule has 2 N–H and O–H groups in total. The summed E-state index contributed by atoms with van der Waals surface area (Å²) in [6.45, 7) is 0.558. The van der Waals surface area contributed by atoms with Crippen LogP contribution in [-0.2, 0) is 6.42 Å². The van der Waals surface area contributed by atoms with Crippen LogP contribution in [0.1, 0.15) is 5.69 Å². The highest BCUT2D eigenvalue weighted by Gasteiger charge is 2.05. The third kappa shape index (κ3) is 2.77. The first-order valence-electron chi connectivity index (χ1n) is 6.19. The molecule has 0 atom stereocenters. The van der Waals surface area contributed by atoms with Gasteiger partial charge in [-0.3, -0.25) is 4.40 Å². The monoisotopic (exact) mass is 287 g/mol. The van der Waals surface area contributed by atoms with E-state index in [1.165, 1.54) is 0 Å². The van der Waals surface area contributed by atoms with Crippen LogP contribution in [0.5, 0.6) is 0 Å². The molecule has 7 heteroatoms. The number of benzene rings is 1. The first kappa shape index (κ1) is 12.6. The van der Waals surface area contributed by atoms with Crippen molar-refractivity contribution in [2.24, 2.45) is 0 Å². The first-order valence-corrected chi connectivity index (χ1v) is 7.07. The van der Waals surface area contributed by atoms with E-state index in [1.807, 2.05) is 40.1 Å². The molecule has 102 valence electrons. The number of amides is 2. The maximum absolute atomic E-state index is 11.7. The van der Waals surface area contributed by atoms with Crippen LogP contribution in [0.2, 0.25) is 0 Å². The zero-order chi connectivity index (χ0) is 13.8. The summed E-state index contributed by atoms with van der Waals surface area (Å²) < 4.78 is 1.93. The van der Waals surface area contributed by atoms with Gasteiger partial charge in [0.25, 0.3) is 0 Å². The fraction of sp³-hybridized carbons (Fsp3) is 0.154. The number of para-hydroxylation sites is 1. The molecule has 0 saturated carbocycles. The summed E-state index contributed by atoms with van der Waals surface area (Å²) in [5, 5.41) is 15.4. The van der Waals surface area contributed by atoms with Gasteiger partial charge < -0.3 is 10.6 Å². The number of rotatable bonds is 4. The van der Waals surface area contributed by atoms with Crippen LogP contribution in [0, 0.1) is 0 Å². The molecule has 0 bridgehead atoms.